The number of rotatable bonds is 11. The second-order valence-electron chi connectivity index (χ2n) is 11.9. The van der Waals surface area contributed by atoms with E-state index in [1.165, 1.54) is 0 Å². The molecule has 1 aliphatic carbocycles. The normalized spacial score (nSPS) is 19.3. The molecule has 0 unspecified atom stereocenters. The number of piperidine rings is 1. The van der Waals surface area contributed by atoms with E-state index in [1.807, 2.05) is 24.3 Å². The van der Waals surface area contributed by atoms with Crippen LogP contribution in [0.25, 0.3) is 11.3 Å². The molecular formula is C31H45ClN8O4. The van der Waals surface area contributed by atoms with E-state index in [2.05, 4.69) is 25.4 Å². The summed E-state index contributed by atoms with van der Waals surface area (Å²) in [5.41, 5.74) is 13.9. The van der Waals surface area contributed by atoms with Crippen molar-refractivity contribution < 1.29 is 19.1 Å². The molecule has 1 aromatic carbocycles. The first-order chi connectivity index (χ1) is 21.4. The van der Waals surface area contributed by atoms with Gasteiger partial charge in [-0.2, -0.15) is 5.10 Å². The number of nitrogens with two attached hydrogens (primary N) is 2. The van der Waals surface area contributed by atoms with Crippen LogP contribution in [0.5, 0.6) is 5.75 Å². The molecule has 5 rings (SSSR count). The Hall–Kier alpha value is -3.35. The molecule has 13 heteroatoms. The van der Waals surface area contributed by atoms with E-state index in [-0.39, 0.29) is 36.2 Å². The summed E-state index contributed by atoms with van der Waals surface area (Å²) in [5, 5.41) is 11.1. The Morgan fingerprint density at radius 1 is 1.09 bits per heavy atom. The van der Waals surface area contributed by atoms with Crippen molar-refractivity contribution in [3.05, 3.63) is 35.0 Å². The van der Waals surface area contributed by atoms with Crippen molar-refractivity contribution >= 4 is 29.4 Å². The number of aromatic nitrogens is 2. The van der Waals surface area contributed by atoms with Crippen molar-refractivity contribution in [2.45, 2.75) is 56.9 Å². The Morgan fingerprint density at radius 2 is 1.84 bits per heavy atom. The van der Waals surface area contributed by atoms with Crippen LogP contribution in [0.2, 0.25) is 5.02 Å². The molecule has 0 spiro atoms. The van der Waals surface area contributed by atoms with Crippen LogP contribution >= 0.6 is 11.6 Å². The number of carbonyl (C=O) groups is 2. The fourth-order valence-electron chi connectivity index (χ4n) is 6.40. The minimum Gasteiger partial charge on any atom is -0.492 e. The van der Waals surface area contributed by atoms with E-state index in [0.717, 1.165) is 100 Å². The molecule has 0 radical (unpaired) electrons. The maximum Gasteiger partial charge on any atom is 0.245 e. The van der Waals surface area contributed by atoms with Gasteiger partial charge in [0.1, 0.15) is 18.4 Å². The van der Waals surface area contributed by atoms with Gasteiger partial charge in [0.05, 0.1) is 30.5 Å². The van der Waals surface area contributed by atoms with E-state index in [9.17, 15) is 9.59 Å². The lowest BCUT2D eigenvalue weighted by Crippen LogP contribution is -2.47. The second kappa shape index (κ2) is 15.6. The summed E-state index contributed by atoms with van der Waals surface area (Å²) in [4.78, 5) is 34.2. The molecule has 2 aromatic rings. The third-order valence-corrected chi connectivity index (χ3v) is 9.26. The molecule has 1 atom stereocenters. The lowest BCUT2D eigenvalue weighted by Gasteiger charge is -2.32. The number of aromatic amines is 1. The summed E-state index contributed by atoms with van der Waals surface area (Å²) in [6.07, 6.45) is 6.69. The average molecular weight is 629 g/mol. The predicted octanol–water partition coefficient (Wildman–Crippen LogP) is 2.49. The number of likely N-dealkylation sites (tertiary alicyclic amines) is 1. The second-order valence-corrected chi connectivity index (χ2v) is 12.3. The van der Waals surface area contributed by atoms with Gasteiger partial charge in [-0.1, -0.05) is 30.9 Å². The number of morpholine rings is 1. The fraction of sp³-hybridized carbons (Fsp3) is 0.613. The molecule has 240 valence electrons. The van der Waals surface area contributed by atoms with Gasteiger partial charge in [0.15, 0.2) is 5.96 Å². The van der Waals surface area contributed by atoms with Crippen molar-refractivity contribution in [1.29, 1.82) is 0 Å². The van der Waals surface area contributed by atoms with Gasteiger partial charge in [0.25, 0.3) is 0 Å². The third-order valence-electron chi connectivity index (χ3n) is 8.95. The number of nitrogens with one attached hydrogen (secondary N) is 2. The van der Waals surface area contributed by atoms with Crippen molar-refractivity contribution in [2.75, 3.05) is 59.1 Å². The van der Waals surface area contributed by atoms with Crippen LogP contribution in [-0.2, 0) is 14.3 Å². The zero-order chi connectivity index (χ0) is 30.9. The fourth-order valence-corrected chi connectivity index (χ4v) is 6.67. The number of aliphatic imine (C=N–C) groups is 1. The highest BCUT2D eigenvalue weighted by atomic mass is 35.5. The van der Waals surface area contributed by atoms with E-state index >= 15 is 0 Å². The lowest BCUT2D eigenvalue weighted by atomic mass is 9.83. The van der Waals surface area contributed by atoms with E-state index in [1.54, 1.807) is 4.90 Å². The minimum absolute atomic E-state index is 0.0631. The Balaban J connectivity index is 1.08. The Morgan fingerprint density at radius 3 is 2.55 bits per heavy atom. The minimum atomic E-state index is -0.647. The van der Waals surface area contributed by atoms with Crippen LogP contribution in [0.1, 0.15) is 56.6 Å². The molecule has 44 heavy (non-hydrogen) atoms. The lowest BCUT2D eigenvalue weighted by molar-refractivity contribution is -0.134. The van der Waals surface area contributed by atoms with E-state index in [4.69, 9.17) is 32.5 Å². The van der Waals surface area contributed by atoms with Crippen molar-refractivity contribution in [1.82, 2.24) is 25.3 Å². The number of carbonyl (C=O) groups excluding carboxylic acids is 2. The predicted molar refractivity (Wildman–Crippen MR) is 170 cm³/mol. The van der Waals surface area contributed by atoms with Gasteiger partial charge in [0, 0.05) is 49.9 Å². The van der Waals surface area contributed by atoms with Crippen LogP contribution in [0.3, 0.4) is 0 Å². The summed E-state index contributed by atoms with van der Waals surface area (Å²) in [5.74, 6) is 0.584. The molecule has 2 aliphatic heterocycles. The molecule has 6 N–H and O–H groups in total. The Labute approximate surface area is 263 Å². The summed E-state index contributed by atoms with van der Waals surface area (Å²) in [6, 6.07) is 7.09. The zero-order valence-electron chi connectivity index (χ0n) is 25.3. The molecule has 12 nitrogen and oxygen atoms in total. The topological polar surface area (TPSA) is 164 Å². The van der Waals surface area contributed by atoms with E-state index < -0.39 is 6.04 Å². The maximum absolute atomic E-state index is 12.9. The van der Waals surface area contributed by atoms with Crippen molar-refractivity contribution in [3.8, 4) is 17.0 Å². The maximum atomic E-state index is 12.9. The number of benzene rings is 1. The van der Waals surface area contributed by atoms with Crippen LogP contribution in [0.15, 0.2) is 29.3 Å². The molecule has 2 amide bonds. The molecule has 3 aliphatic rings. The van der Waals surface area contributed by atoms with Gasteiger partial charge >= 0.3 is 0 Å². The summed E-state index contributed by atoms with van der Waals surface area (Å²) in [7, 11) is 0. The number of hydrogen-bond acceptors (Lipinski definition) is 7. The highest BCUT2D eigenvalue weighted by molar-refractivity contribution is 6.33. The number of nitrogens with zero attached hydrogens (tertiary/aromatic N) is 4. The Kier molecular flexibility index (Phi) is 11.4. The number of guanidine groups is 1. The average Bonchev–Trinajstić information content (AvgIpc) is 3.53. The molecule has 3 heterocycles. The number of hydrogen-bond donors (Lipinski definition) is 4. The van der Waals surface area contributed by atoms with Crippen LogP contribution in [-0.4, -0.2) is 103 Å². The van der Waals surface area contributed by atoms with Crippen LogP contribution in [0, 0.1) is 5.92 Å². The highest BCUT2D eigenvalue weighted by Gasteiger charge is 2.31. The molecule has 1 aromatic heterocycles. The first-order valence-electron chi connectivity index (χ1n) is 15.8. The molecule has 1 saturated carbocycles. The van der Waals surface area contributed by atoms with Gasteiger partial charge in [-0.05, 0) is 55.9 Å². The van der Waals surface area contributed by atoms with Crippen LogP contribution in [0.4, 0.5) is 0 Å². The smallest absolute Gasteiger partial charge is 0.245 e. The first-order valence-corrected chi connectivity index (χ1v) is 16.2. The first kappa shape index (κ1) is 32.1. The number of ether oxygens (including phenoxy) is 2. The van der Waals surface area contributed by atoms with E-state index in [0.29, 0.717) is 24.7 Å². The van der Waals surface area contributed by atoms with Gasteiger partial charge in [0.2, 0.25) is 11.8 Å². The number of halogens is 1. The van der Waals surface area contributed by atoms with Gasteiger partial charge < -0.3 is 31.2 Å². The quantitative estimate of drug-likeness (QED) is 0.218. The molecule has 2 saturated heterocycles. The number of amides is 2. The standard InChI is InChI=1S/C31H45ClN8O4/c32-25-18-23(44-17-14-39-12-15-43-16-13-39)6-7-24(25)27-19-26(37-38-27)21-8-10-40(11-9-21)28(41)20-35-30(42)29(36-31(33)34)22-4-2-1-3-5-22/h6-7,18-19,21-22,29H,1-5,8-17,20H2,(H,35,42)(H,37,38)(H4,33,34,36)/t29-/m1/s1. The molecular weight excluding hydrogens is 584 g/mol. The summed E-state index contributed by atoms with van der Waals surface area (Å²) in [6.45, 7) is 5.99. The molecule has 3 fully saturated rings. The van der Waals surface area contributed by atoms with Crippen LogP contribution < -0.4 is 21.5 Å². The van der Waals surface area contributed by atoms with Crippen molar-refractivity contribution in [3.63, 3.8) is 0 Å². The van der Waals surface area contributed by atoms with Gasteiger partial charge in [-0.25, -0.2) is 4.99 Å². The third kappa shape index (κ3) is 8.64. The van der Waals surface area contributed by atoms with Gasteiger partial charge in [-0.3, -0.25) is 19.6 Å². The number of H-pyrrole nitrogens is 1. The summed E-state index contributed by atoms with van der Waals surface area (Å²) >= 11 is 6.63. The SMILES string of the molecule is NC(N)=N[C@@H](C(=O)NCC(=O)N1CCC(c2cc(-c3ccc(OCCN4CCOCC4)cc3Cl)n[nH]2)CC1)C1CCCCC1. The van der Waals surface area contributed by atoms with Gasteiger partial charge in [-0.15, -0.1) is 0 Å². The Bertz CT molecular complexity index is 1280. The largest absolute Gasteiger partial charge is 0.492 e. The van der Waals surface area contributed by atoms with Crippen molar-refractivity contribution in [2.24, 2.45) is 22.4 Å². The summed E-state index contributed by atoms with van der Waals surface area (Å²) < 4.78 is 11.3. The highest BCUT2D eigenvalue weighted by Crippen LogP contribution is 2.34. The zero-order valence-corrected chi connectivity index (χ0v) is 26.1. The monoisotopic (exact) mass is 628 g/mol. The molecule has 0 bridgehead atoms.